The van der Waals surface area contributed by atoms with E-state index < -0.39 is 0 Å². The molecule has 0 aromatic heterocycles. The summed E-state index contributed by atoms with van der Waals surface area (Å²) in [5.74, 6) is 3.07. The van der Waals surface area contributed by atoms with Gasteiger partial charge in [-0.25, -0.2) is 0 Å². The molecule has 2 N–H and O–H groups in total. The standard InChI is InChI=1S/C21H29NO/c1-12-10-18-14(11-17(12)20(22)23)5-6-16-15(18)8-9-21(3)13(2)4-7-19(16)21/h10-11,13,15-16,19H,4-9H2,1-3H3,(H2,22,23). The van der Waals surface area contributed by atoms with Gasteiger partial charge in [0.05, 0.1) is 0 Å². The highest BCUT2D eigenvalue weighted by atomic mass is 16.1. The lowest BCUT2D eigenvalue weighted by Crippen LogP contribution is -2.41. The van der Waals surface area contributed by atoms with Crippen molar-refractivity contribution in [2.45, 2.75) is 65.2 Å². The van der Waals surface area contributed by atoms with Gasteiger partial charge in [-0.15, -0.1) is 0 Å². The third-order valence-electron chi connectivity index (χ3n) is 7.81. The number of benzene rings is 1. The quantitative estimate of drug-likeness (QED) is 0.810. The van der Waals surface area contributed by atoms with E-state index in [1.54, 1.807) is 0 Å². The Hall–Kier alpha value is -1.31. The molecule has 1 aromatic carbocycles. The summed E-state index contributed by atoms with van der Waals surface area (Å²) in [6.07, 6.45) is 7.95. The van der Waals surface area contributed by atoms with Crippen LogP contribution in [0.1, 0.15) is 78.9 Å². The number of hydrogen-bond donors (Lipinski definition) is 1. The Labute approximate surface area is 139 Å². The zero-order valence-electron chi connectivity index (χ0n) is 14.7. The second-order valence-corrected chi connectivity index (χ2v) is 8.67. The molecule has 2 fully saturated rings. The highest BCUT2D eigenvalue weighted by molar-refractivity contribution is 5.94. The van der Waals surface area contributed by atoms with E-state index in [-0.39, 0.29) is 5.91 Å². The Kier molecular flexibility index (Phi) is 3.37. The van der Waals surface area contributed by atoms with Crippen molar-refractivity contribution in [2.24, 2.45) is 28.9 Å². The molecule has 0 radical (unpaired) electrons. The number of primary amides is 1. The molecule has 0 bridgehead atoms. The van der Waals surface area contributed by atoms with E-state index in [1.165, 1.54) is 43.2 Å². The van der Waals surface area contributed by atoms with Crippen LogP contribution in [-0.4, -0.2) is 5.91 Å². The Morgan fingerprint density at radius 2 is 2.00 bits per heavy atom. The lowest BCUT2D eigenvalue weighted by Gasteiger charge is -2.50. The SMILES string of the molecule is Cc1cc2c(cc1C(N)=O)CCC1C2CCC2(C)C(C)CCC12. The Balaban J connectivity index is 1.72. The van der Waals surface area contributed by atoms with Gasteiger partial charge in [0.1, 0.15) is 0 Å². The van der Waals surface area contributed by atoms with Crippen LogP contribution in [0, 0.1) is 30.1 Å². The number of carbonyl (C=O) groups is 1. The summed E-state index contributed by atoms with van der Waals surface area (Å²) < 4.78 is 0. The van der Waals surface area contributed by atoms with Crippen molar-refractivity contribution in [3.05, 3.63) is 34.4 Å². The molecule has 0 saturated heterocycles. The van der Waals surface area contributed by atoms with E-state index in [0.29, 0.717) is 11.3 Å². The topological polar surface area (TPSA) is 43.1 Å². The molecule has 2 nitrogen and oxygen atoms in total. The smallest absolute Gasteiger partial charge is 0.248 e. The third kappa shape index (κ3) is 2.10. The predicted molar refractivity (Wildman–Crippen MR) is 93.5 cm³/mol. The van der Waals surface area contributed by atoms with Gasteiger partial charge < -0.3 is 5.73 Å². The molecule has 4 rings (SSSR count). The van der Waals surface area contributed by atoms with E-state index in [1.807, 2.05) is 6.92 Å². The van der Waals surface area contributed by atoms with Gasteiger partial charge in [-0.3, -0.25) is 4.79 Å². The van der Waals surface area contributed by atoms with E-state index in [2.05, 4.69) is 26.0 Å². The first-order valence-corrected chi connectivity index (χ1v) is 9.35. The maximum absolute atomic E-state index is 11.6. The second-order valence-electron chi connectivity index (χ2n) is 8.67. The van der Waals surface area contributed by atoms with Crippen molar-refractivity contribution in [2.75, 3.05) is 0 Å². The average molecular weight is 311 g/mol. The van der Waals surface area contributed by atoms with Crippen molar-refractivity contribution in [3.8, 4) is 0 Å². The van der Waals surface area contributed by atoms with Crippen LogP contribution in [0.15, 0.2) is 12.1 Å². The van der Waals surface area contributed by atoms with Crippen LogP contribution >= 0.6 is 0 Å². The van der Waals surface area contributed by atoms with E-state index >= 15 is 0 Å². The monoisotopic (exact) mass is 311 g/mol. The summed E-state index contributed by atoms with van der Waals surface area (Å²) in [7, 11) is 0. The number of fused-ring (bicyclic) bond motifs is 5. The summed E-state index contributed by atoms with van der Waals surface area (Å²) in [4.78, 5) is 11.6. The van der Waals surface area contributed by atoms with Gasteiger partial charge >= 0.3 is 0 Å². The molecule has 3 aliphatic carbocycles. The predicted octanol–water partition coefficient (Wildman–Crippen LogP) is 4.59. The molecule has 5 atom stereocenters. The zero-order valence-corrected chi connectivity index (χ0v) is 14.7. The number of nitrogens with two attached hydrogens (primary N) is 1. The molecule has 1 aromatic rings. The highest BCUT2D eigenvalue weighted by Gasteiger charge is 2.53. The number of rotatable bonds is 1. The first-order chi connectivity index (χ1) is 10.9. The number of aryl methyl sites for hydroxylation is 2. The minimum atomic E-state index is -0.284. The maximum atomic E-state index is 11.6. The normalized spacial score (nSPS) is 38.6. The van der Waals surface area contributed by atoms with Crippen LogP contribution in [0.4, 0.5) is 0 Å². The van der Waals surface area contributed by atoms with Gasteiger partial charge in [-0.1, -0.05) is 19.9 Å². The Bertz CT molecular complexity index is 664. The summed E-state index contributed by atoms with van der Waals surface area (Å²) in [6.45, 7) is 7.07. The van der Waals surface area contributed by atoms with Crippen LogP contribution in [0.5, 0.6) is 0 Å². The Morgan fingerprint density at radius 1 is 1.22 bits per heavy atom. The van der Waals surface area contributed by atoms with Crippen molar-refractivity contribution < 1.29 is 4.79 Å². The fraction of sp³-hybridized carbons (Fsp3) is 0.667. The van der Waals surface area contributed by atoms with Crippen molar-refractivity contribution >= 4 is 5.91 Å². The molecule has 5 unspecified atom stereocenters. The summed E-state index contributed by atoms with van der Waals surface area (Å²) >= 11 is 0. The average Bonchev–Trinajstić information content (AvgIpc) is 2.82. The number of hydrogen-bond acceptors (Lipinski definition) is 1. The lowest BCUT2D eigenvalue weighted by atomic mass is 9.54. The number of carbonyl (C=O) groups excluding carboxylic acids is 1. The first-order valence-electron chi connectivity index (χ1n) is 9.35. The molecule has 0 aliphatic heterocycles. The minimum absolute atomic E-state index is 0.284. The molecule has 2 saturated carbocycles. The van der Waals surface area contributed by atoms with Gasteiger partial charge in [0.25, 0.3) is 0 Å². The number of amides is 1. The molecule has 1 amide bonds. The summed E-state index contributed by atoms with van der Waals surface area (Å²) in [5, 5.41) is 0. The highest BCUT2D eigenvalue weighted by Crippen LogP contribution is 2.62. The van der Waals surface area contributed by atoms with E-state index in [9.17, 15) is 4.79 Å². The zero-order chi connectivity index (χ0) is 16.4. The molecular weight excluding hydrogens is 282 g/mol. The molecule has 124 valence electrons. The van der Waals surface area contributed by atoms with Crippen LogP contribution in [-0.2, 0) is 6.42 Å². The first kappa shape index (κ1) is 15.2. The van der Waals surface area contributed by atoms with Crippen molar-refractivity contribution in [1.29, 1.82) is 0 Å². The Morgan fingerprint density at radius 3 is 2.74 bits per heavy atom. The largest absolute Gasteiger partial charge is 0.366 e. The van der Waals surface area contributed by atoms with Crippen LogP contribution < -0.4 is 5.73 Å². The van der Waals surface area contributed by atoms with Crippen molar-refractivity contribution in [1.82, 2.24) is 0 Å². The summed E-state index contributed by atoms with van der Waals surface area (Å²) in [5.41, 5.74) is 10.8. The molecule has 3 aliphatic rings. The fourth-order valence-corrected chi connectivity index (χ4v) is 6.26. The van der Waals surface area contributed by atoms with Crippen molar-refractivity contribution in [3.63, 3.8) is 0 Å². The fourth-order valence-electron chi connectivity index (χ4n) is 6.26. The van der Waals surface area contributed by atoms with E-state index in [4.69, 9.17) is 5.73 Å². The maximum Gasteiger partial charge on any atom is 0.248 e. The van der Waals surface area contributed by atoms with Gasteiger partial charge in [0.2, 0.25) is 5.91 Å². The molecule has 23 heavy (non-hydrogen) atoms. The molecule has 2 heteroatoms. The minimum Gasteiger partial charge on any atom is -0.366 e. The summed E-state index contributed by atoms with van der Waals surface area (Å²) in [6, 6.07) is 4.38. The van der Waals surface area contributed by atoms with Gasteiger partial charge in [-0.2, -0.15) is 0 Å². The van der Waals surface area contributed by atoms with Crippen LogP contribution in [0.3, 0.4) is 0 Å². The molecule has 0 heterocycles. The molecular formula is C21H29NO. The van der Waals surface area contributed by atoms with Crippen LogP contribution in [0.25, 0.3) is 0 Å². The van der Waals surface area contributed by atoms with Crippen LogP contribution in [0.2, 0.25) is 0 Å². The lowest BCUT2D eigenvalue weighted by molar-refractivity contribution is 0.0336. The second kappa shape index (κ2) is 5.09. The molecule has 0 spiro atoms. The van der Waals surface area contributed by atoms with Gasteiger partial charge in [0.15, 0.2) is 0 Å². The van der Waals surface area contributed by atoms with E-state index in [0.717, 1.165) is 35.3 Å². The van der Waals surface area contributed by atoms with Gasteiger partial charge in [0, 0.05) is 5.56 Å². The third-order valence-corrected chi connectivity index (χ3v) is 7.81. The van der Waals surface area contributed by atoms with Gasteiger partial charge in [-0.05, 0) is 97.3 Å².